The fourth-order valence-corrected chi connectivity index (χ4v) is 8.20. The summed E-state index contributed by atoms with van der Waals surface area (Å²) < 4.78 is 23.6. The summed E-state index contributed by atoms with van der Waals surface area (Å²) in [5.74, 6) is 7.01. The zero-order valence-electron chi connectivity index (χ0n) is 19.1. The van der Waals surface area contributed by atoms with Crippen LogP contribution in [0.4, 0.5) is 0 Å². The molecular weight excluding hydrogens is 388 g/mol. The van der Waals surface area contributed by atoms with Crippen molar-refractivity contribution in [1.82, 2.24) is 0 Å². The van der Waals surface area contributed by atoms with Gasteiger partial charge in [-0.1, -0.05) is 24.5 Å². The van der Waals surface area contributed by atoms with Gasteiger partial charge in [0.25, 0.3) is 0 Å². The van der Waals surface area contributed by atoms with Gasteiger partial charge in [0.05, 0.1) is 19.8 Å². The lowest BCUT2D eigenvalue weighted by molar-refractivity contribution is -0.176. The van der Waals surface area contributed by atoms with Crippen molar-refractivity contribution in [2.24, 2.45) is 35.0 Å². The molecule has 6 rings (SSSR count). The fraction of sp³-hybridized carbons (Fsp3) is 0.852. The van der Waals surface area contributed by atoms with Gasteiger partial charge in [-0.15, -0.1) is 0 Å². The van der Waals surface area contributed by atoms with Crippen molar-refractivity contribution in [3.8, 4) is 12.0 Å². The first-order valence-electron chi connectivity index (χ1n) is 12.9. The molecule has 0 aromatic heterocycles. The second-order valence-corrected chi connectivity index (χ2v) is 11.2. The van der Waals surface area contributed by atoms with Crippen LogP contribution in [-0.4, -0.2) is 31.9 Å². The highest BCUT2D eigenvalue weighted by Gasteiger charge is 2.56. The number of hydrogen-bond acceptors (Lipinski definition) is 4. The van der Waals surface area contributed by atoms with Gasteiger partial charge < -0.3 is 18.9 Å². The number of hydrogen-bond donors (Lipinski definition) is 0. The van der Waals surface area contributed by atoms with E-state index in [1.54, 1.807) is 5.57 Å². The Balaban J connectivity index is 1.14. The van der Waals surface area contributed by atoms with E-state index in [9.17, 15) is 0 Å². The molecule has 2 saturated heterocycles. The molecule has 0 radical (unpaired) electrons. The van der Waals surface area contributed by atoms with Crippen molar-refractivity contribution in [2.45, 2.75) is 89.6 Å². The molecule has 4 nitrogen and oxygen atoms in total. The Morgan fingerprint density at radius 1 is 0.968 bits per heavy atom. The fourth-order valence-electron chi connectivity index (χ4n) is 8.20. The third-order valence-electron chi connectivity index (χ3n) is 9.82. The standard InChI is InChI=1S/C27H38O4/c1-26-12-9-22-21-10-13-27(30-16-17-31-27)18-19(21)5-7-23(22)24(26)8-6-20(26)11-15-29-25-4-2-3-14-28-25/h5,20-25H,2-4,6-10,12-14,16-18H2,1H3/t20-,21-,22+,23+,24-,25?,26+/m0/s1. The third-order valence-corrected chi connectivity index (χ3v) is 9.82. The highest BCUT2D eigenvalue weighted by molar-refractivity contribution is 5.23. The topological polar surface area (TPSA) is 36.9 Å². The SMILES string of the molecule is C[C@]12CC[C@H]3[C@@H](CC=C4CC5(CC[C@@H]43)OCCO5)[C@@H]1CC[C@H]2C#COC1CCCCO1. The van der Waals surface area contributed by atoms with Crippen LogP contribution in [0.15, 0.2) is 11.6 Å². The molecule has 4 aliphatic carbocycles. The maximum Gasteiger partial charge on any atom is 0.210 e. The first kappa shape index (κ1) is 20.6. The Morgan fingerprint density at radius 2 is 1.87 bits per heavy atom. The van der Waals surface area contributed by atoms with Crippen molar-refractivity contribution in [1.29, 1.82) is 0 Å². The molecule has 31 heavy (non-hydrogen) atoms. The highest BCUT2D eigenvalue weighted by atomic mass is 16.7. The van der Waals surface area contributed by atoms with Crippen LogP contribution in [-0.2, 0) is 18.9 Å². The molecule has 7 atom stereocenters. The Morgan fingerprint density at radius 3 is 2.71 bits per heavy atom. The quantitative estimate of drug-likeness (QED) is 0.414. The van der Waals surface area contributed by atoms with Crippen LogP contribution in [0, 0.1) is 47.0 Å². The maximum atomic E-state index is 6.05. The molecule has 2 aliphatic heterocycles. The van der Waals surface area contributed by atoms with Gasteiger partial charge in [0, 0.05) is 25.2 Å². The number of fused-ring (bicyclic) bond motifs is 5. The molecule has 4 heteroatoms. The van der Waals surface area contributed by atoms with E-state index in [0.29, 0.717) is 11.3 Å². The molecule has 0 bridgehead atoms. The summed E-state index contributed by atoms with van der Waals surface area (Å²) in [6.45, 7) is 4.88. The van der Waals surface area contributed by atoms with Gasteiger partial charge in [-0.05, 0) is 80.5 Å². The normalized spacial score (nSPS) is 45.6. The van der Waals surface area contributed by atoms with E-state index < -0.39 is 0 Å². The van der Waals surface area contributed by atoms with Gasteiger partial charge in [0.2, 0.25) is 6.29 Å². The predicted molar refractivity (Wildman–Crippen MR) is 118 cm³/mol. The maximum absolute atomic E-state index is 6.05. The summed E-state index contributed by atoms with van der Waals surface area (Å²) in [6, 6.07) is 0. The summed E-state index contributed by atoms with van der Waals surface area (Å²) >= 11 is 0. The van der Waals surface area contributed by atoms with E-state index in [1.165, 1.54) is 44.9 Å². The van der Waals surface area contributed by atoms with Crippen LogP contribution >= 0.6 is 0 Å². The summed E-state index contributed by atoms with van der Waals surface area (Å²) in [7, 11) is 0. The van der Waals surface area contributed by atoms with Crippen molar-refractivity contribution in [3.05, 3.63) is 11.6 Å². The molecule has 3 saturated carbocycles. The average molecular weight is 427 g/mol. The minimum Gasteiger partial charge on any atom is -0.414 e. The molecule has 5 fully saturated rings. The lowest BCUT2D eigenvalue weighted by Crippen LogP contribution is -2.47. The minimum atomic E-state index is -0.283. The molecule has 1 spiro atoms. The zero-order valence-corrected chi connectivity index (χ0v) is 19.1. The van der Waals surface area contributed by atoms with Gasteiger partial charge in [-0.25, -0.2) is 0 Å². The molecule has 0 amide bonds. The van der Waals surface area contributed by atoms with Crippen molar-refractivity contribution in [2.75, 3.05) is 19.8 Å². The molecule has 2 heterocycles. The van der Waals surface area contributed by atoms with Crippen LogP contribution in [0.1, 0.15) is 77.6 Å². The first-order valence-corrected chi connectivity index (χ1v) is 12.9. The monoisotopic (exact) mass is 426 g/mol. The van der Waals surface area contributed by atoms with E-state index in [2.05, 4.69) is 25.0 Å². The van der Waals surface area contributed by atoms with Crippen LogP contribution in [0.2, 0.25) is 0 Å². The van der Waals surface area contributed by atoms with Crippen molar-refractivity contribution < 1.29 is 18.9 Å². The largest absolute Gasteiger partial charge is 0.414 e. The van der Waals surface area contributed by atoms with E-state index in [0.717, 1.165) is 69.2 Å². The first-order chi connectivity index (χ1) is 15.2. The molecule has 0 N–H and O–H groups in total. The van der Waals surface area contributed by atoms with Crippen LogP contribution in [0.25, 0.3) is 0 Å². The van der Waals surface area contributed by atoms with Crippen molar-refractivity contribution in [3.63, 3.8) is 0 Å². The Bertz CT molecular complexity index is 766. The van der Waals surface area contributed by atoms with Gasteiger partial charge in [-0.3, -0.25) is 0 Å². The molecule has 0 aromatic rings. The Kier molecular flexibility index (Phi) is 5.37. The predicted octanol–water partition coefficient (Wildman–Crippen LogP) is 5.42. The van der Waals surface area contributed by atoms with Gasteiger partial charge in [-0.2, -0.15) is 0 Å². The highest BCUT2D eigenvalue weighted by Crippen LogP contribution is 2.63. The summed E-state index contributed by atoms with van der Waals surface area (Å²) in [6.07, 6.45) is 18.7. The van der Waals surface area contributed by atoms with E-state index in [1.807, 2.05) is 0 Å². The van der Waals surface area contributed by atoms with Crippen LogP contribution in [0.3, 0.4) is 0 Å². The molecule has 6 aliphatic rings. The number of ether oxygens (including phenoxy) is 4. The molecule has 170 valence electrons. The van der Waals surface area contributed by atoms with Crippen molar-refractivity contribution >= 4 is 0 Å². The lowest BCUT2D eigenvalue weighted by Gasteiger charge is -2.54. The van der Waals surface area contributed by atoms with E-state index in [4.69, 9.17) is 18.9 Å². The van der Waals surface area contributed by atoms with Gasteiger partial charge >= 0.3 is 0 Å². The minimum absolute atomic E-state index is 0.105. The van der Waals surface area contributed by atoms with Gasteiger partial charge in [0.1, 0.15) is 6.11 Å². The number of allylic oxidation sites excluding steroid dienone is 1. The summed E-state index contributed by atoms with van der Waals surface area (Å²) in [5, 5.41) is 0. The summed E-state index contributed by atoms with van der Waals surface area (Å²) in [4.78, 5) is 0. The average Bonchev–Trinajstić information content (AvgIpc) is 3.38. The van der Waals surface area contributed by atoms with Crippen LogP contribution in [0.5, 0.6) is 0 Å². The second-order valence-electron chi connectivity index (χ2n) is 11.2. The summed E-state index contributed by atoms with van der Waals surface area (Å²) in [5.41, 5.74) is 2.00. The number of rotatable bonds is 1. The smallest absolute Gasteiger partial charge is 0.210 e. The molecular formula is C27H38O4. The molecule has 0 aromatic carbocycles. The Hall–Kier alpha value is -1.02. The van der Waals surface area contributed by atoms with E-state index in [-0.39, 0.29) is 12.1 Å². The zero-order chi connectivity index (χ0) is 20.9. The molecule has 1 unspecified atom stereocenters. The van der Waals surface area contributed by atoms with Gasteiger partial charge in [0.15, 0.2) is 5.79 Å². The van der Waals surface area contributed by atoms with E-state index >= 15 is 0 Å². The second kappa shape index (κ2) is 8.08. The Labute approximate surface area is 187 Å². The van der Waals surface area contributed by atoms with Crippen LogP contribution < -0.4 is 0 Å². The lowest BCUT2D eigenvalue weighted by atomic mass is 9.52. The third kappa shape index (κ3) is 3.56.